The number of aromatic nitrogens is 1. The van der Waals surface area contributed by atoms with Gasteiger partial charge in [0, 0.05) is 41.9 Å². The molecule has 1 atom stereocenters. The van der Waals surface area contributed by atoms with Gasteiger partial charge in [-0.25, -0.2) is 18.4 Å². The third-order valence-corrected chi connectivity index (χ3v) is 8.02. The molecule has 1 fully saturated rings. The SMILES string of the molecule is C=CC(=O)Nc1cccc(NC2N=CN=c3[nH]c(=C4C=CC(CN5CCS(=O)(=O)CC5)=CC4)cc32)c1. The van der Waals surface area contributed by atoms with Gasteiger partial charge < -0.3 is 15.6 Å². The highest BCUT2D eigenvalue weighted by atomic mass is 32.2. The van der Waals surface area contributed by atoms with Gasteiger partial charge in [-0.1, -0.05) is 30.9 Å². The summed E-state index contributed by atoms with van der Waals surface area (Å²) in [5.74, 6) is 0.214. The number of allylic oxidation sites excluding steroid dienone is 2. The fourth-order valence-electron chi connectivity index (χ4n) is 4.41. The maximum Gasteiger partial charge on any atom is 0.247 e. The number of carbonyl (C=O) groups excluding carboxylic acids is 1. The lowest BCUT2D eigenvalue weighted by Gasteiger charge is -2.27. The van der Waals surface area contributed by atoms with E-state index in [1.165, 1.54) is 11.6 Å². The molecule has 1 aromatic heterocycles. The standard InChI is InChI=1S/C26H28N6O3S/c1-2-24(33)29-20-4-3-5-21(14-20)30-25-22-15-23(31-26(22)28-17-27-25)19-8-6-18(7-9-19)16-32-10-12-36(34,35)13-11-32/h2-8,14-15,17,25,30H,1,9-13,16H2,(H,29,33)(H,27,28,31). The molecule has 186 valence electrons. The number of fused-ring (bicyclic) bond motifs is 1. The van der Waals surface area contributed by atoms with Gasteiger partial charge in [0.05, 0.1) is 11.5 Å². The molecular formula is C26H28N6O3S. The Bertz CT molecular complexity index is 1500. The lowest BCUT2D eigenvalue weighted by molar-refractivity contribution is -0.111. The van der Waals surface area contributed by atoms with Crippen LogP contribution in [0.4, 0.5) is 11.4 Å². The number of nitrogens with one attached hydrogen (secondary N) is 3. The Kier molecular flexibility index (Phi) is 6.71. The summed E-state index contributed by atoms with van der Waals surface area (Å²) in [6.45, 7) is 5.43. The first-order valence-electron chi connectivity index (χ1n) is 11.8. The van der Waals surface area contributed by atoms with Gasteiger partial charge in [-0.3, -0.25) is 9.69 Å². The zero-order valence-electron chi connectivity index (χ0n) is 19.8. The van der Waals surface area contributed by atoms with Crippen molar-refractivity contribution in [3.05, 3.63) is 83.2 Å². The molecule has 1 amide bonds. The number of hydrogen-bond donors (Lipinski definition) is 3. The highest BCUT2D eigenvalue weighted by molar-refractivity contribution is 7.91. The number of nitrogens with zero attached hydrogens (tertiary/aromatic N) is 3. The van der Waals surface area contributed by atoms with Gasteiger partial charge >= 0.3 is 0 Å². The molecule has 0 spiro atoms. The van der Waals surface area contributed by atoms with Crippen molar-refractivity contribution < 1.29 is 13.2 Å². The van der Waals surface area contributed by atoms with Crippen molar-refractivity contribution in [2.24, 2.45) is 9.98 Å². The van der Waals surface area contributed by atoms with Gasteiger partial charge in [0.25, 0.3) is 0 Å². The lowest BCUT2D eigenvalue weighted by atomic mass is 10.0. The Morgan fingerprint density at radius 2 is 2.00 bits per heavy atom. The molecule has 1 saturated heterocycles. The van der Waals surface area contributed by atoms with Crippen LogP contribution in [0.2, 0.25) is 0 Å². The quantitative estimate of drug-likeness (QED) is 0.517. The Labute approximate surface area is 209 Å². The fourth-order valence-corrected chi connectivity index (χ4v) is 5.68. The Hall–Kier alpha value is -3.76. The number of aliphatic imine (C=N–C) groups is 1. The average molecular weight is 505 g/mol. The van der Waals surface area contributed by atoms with E-state index in [4.69, 9.17) is 0 Å². The first-order chi connectivity index (χ1) is 17.4. The molecule has 3 heterocycles. The van der Waals surface area contributed by atoms with Crippen molar-refractivity contribution in [1.82, 2.24) is 9.88 Å². The lowest BCUT2D eigenvalue weighted by Crippen LogP contribution is -2.41. The molecule has 1 aliphatic carbocycles. The second-order valence-corrected chi connectivity index (χ2v) is 11.3. The molecule has 2 aromatic rings. The number of hydrogen-bond acceptors (Lipinski definition) is 7. The molecule has 10 heteroatoms. The predicted molar refractivity (Wildman–Crippen MR) is 142 cm³/mol. The molecule has 3 aliphatic rings. The highest BCUT2D eigenvalue weighted by Crippen LogP contribution is 2.23. The van der Waals surface area contributed by atoms with Crippen LogP contribution in [0.15, 0.2) is 76.8 Å². The summed E-state index contributed by atoms with van der Waals surface area (Å²) in [4.78, 5) is 26.1. The monoisotopic (exact) mass is 504 g/mol. The second-order valence-electron chi connectivity index (χ2n) is 8.97. The van der Waals surface area contributed by atoms with Gasteiger partial charge in [-0.05, 0) is 47.9 Å². The van der Waals surface area contributed by atoms with Crippen molar-refractivity contribution in [2.45, 2.75) is 12.6 Å². The zero-order chi connectivity index (χ0) is 25.1. The van der Waals surface area contributed by atoms with Gasteiger partial charge in [0.2, 0.25) is 5.91 Å². The Balaban J connectivity index is 1.29. The minimum absolute atomic E-state index is 0.240. The summed E-state index contributed by atoms with van der Waals surface area (Å²) in [7, 11) is -2.87. The molecule has 0 saturated carbocycles. The summed E-state index contributed by atoms with van der Waals surface area (Å²) in [5, 5.41) is 7.15. The number of amides is 1. The van der Waals surface area contributed by atoms with Crippen LogP contribution in [0.25, 0.3) is 5.57 Å². The van der Waals surface area contributed by atoms with Crippen molar-refractivity contribution in [3.8, 4) is 0 Å². The predicted octanol–water partition coefficient (Wildman–Crippen LogP) is 1.68. The fraction of sp³-hybridized carbons (Fsp3) is 0.269. The minimum atomic E-state index is -2.87. The number of H-pyrrole nitrogens is 1. The minimum Gasteiger partial charge on any atom is -0.360 e. The first-order valence-corrected chi connectivity index (χ1v) is 13.6. The third-order valence-electron chi connectivity index (χ3n) is 6.41. The average Bonchev–Trinajstić information content (AvgIpc) is 3.31. The van der Waals surface area contributed by atoms with Crippen LogP contribution >= 0.6 is 0 Å². The van der Waals surface area contributed by atoms with Crippen molar-refractivity contribution in [3.63, 3.8) is 0 Å². The molecule has 0 bridgehead atoms. The normalized spacial score (nSPS) is 22.2. The number of benzene rings is 1. The van der Waals surface area contributed by atoms with Crippen molar-refractivity contribution in [1.29, 1.82) is 0 Å². The van der Waals surface area contributed by atoms with Crippen LogP contribution in [0.1, 0.15) is 18.2 Å². The van der Waals surface area contributed by atoms with Gasteiger partial charge in [-0.2, -0.15) is 0 Å². The Morgan fingerprint density at radius 3 is 2.75 bits per heavy atom. The summed E-state index contributed by atoms with van der Waals surface area (Å²) >= 11 is 0. The highest BCUT2D eigenvalue weighted by Gasteiger charge is 2.22. The number of aromatic amines is 1. The van der Waals surface area contributed by atoms with E-state index in [1.54, 1.807) is 6.34 Å². The molecule has 9 nitrogen and oxygen atoms in total. The second kappa shape index (κ2) is 10.1. The zero-order valence-corrected chi connectivity index (χ0v) is 20.6. The van der Waals surface area contributed by atoms with Crippen molar-refractivity contribution in [2.75, 3.05) is 41.8 Å². The van der Waals surface area contributed by atoms with E-state index in [2.05, 4.69) is 61.4 Å². The summed E-state index contributed by atoms with van der Waals surface area (Å²) in [5.41, 5.74) is 5.54. The van der Waals surface area contributed by atoms with Gasteiger partial charge in [-0.15, -0.1) is 0 Å². The van der Waals surface area contributed by atoms with Crippen molar-refractivity contribution >= 4 is 39.0 Å². The molecule has 1 aromatic carbocycles. The van der Waals surface area contributed by atoms with Crippen LogP contribution in [0.3, 0.4) is 0 Å². The third kappa shape index (κ3) is 5.55. The van der Waals surface area contributed by atoms with Crippen LogP contribution in [0.5, 0.6) is 0 Å². The first kappa shape index (κ1) is 24.0. The van der Waals surface area contributed by atoms with Crippen LogP contribution in [0, 0.1) is 0 Å². The van der Waals surface area contributed by atoms with E-state index in [0.717, 1.165) is 40.6 Å². The van der Waals surface area contributed by atoms with Crippen LogP contribution in [-0.2, 0) is 14.6 Å². The van der Waals surface area contributed by atoms with Gasteiger partial charge in [0.15, 0.2) is 9.84 Å². The number of rotatable bonds is 6. The summed E-state index contributed by atoms with van der Waals surface area (Å²) in [6, 6.07) is 9.51. The van der Waals surface area contributed by atoms with E-state index in [1.807, 2.05) is 24.3 Å². The molecule has 2 aliphatic heterocycles. The molecule has 1 unspecified atom stereocenters. The number of carbonyl (C=O) groups is 1. The van der Waals surface area contributed by atoms with Crippen LogP contribution in [-0.4, -0.2) is 61.7 Å². The van der Waals surface area contributed by atoms with E-state index in [9.17, 15) is 13.2 Å². The topological polar surface area (TPSA) is 119 Å². The van der Waals surface area contributed by atoms with E-state index in [-0.39, 0.29) is 23.6 Å². The molecule has 3 N–H and O–H groups in total. The maximum atomic E-state index is 11.7. The molecule has 5 rings (SSSR count). The largest absolute Gasteiger partial charge is 0.360 e. The smallest absolute Gasteiger partial charge is 0.247 e. The molecule has 0 radical (unpaired) electrons. The number of anilines is 2. The van der Waals surface area contributed by atoms with E-state index >= 15 is 0 Å². The maximum absolute atomic E-state index is 11.7. The molecular weight excluding hydrogens is 476 g/mol. The van der Waals surface area contributed by atoms with Crippen LogP contribution < -0.4 is 21.5 Å². The number of sulfone groups is 1. The summed E-state index contributed by atoms with van der Waals surface area (Å²) in [6.07, 6.45) is 9.66. The molecule has 36 heavy (non-hydrogen) atoms. The summed E-state index contributed by atoms with van der Waals surface area (Å²) < 4.78 is 23.3. The van der Waals surface area contributed by atoms with Gasteiger partial charge in [0.1, 0.15) is 18.0 Å². The van der Waals surface area contributed by atoms with E-state index < -0.39 is 9.84 Å². The Morgan fingerprint density at radius 1 is 1.19 bits per heavy atom. The van der Waals surface area contributed by atoms with E-state index in [0.29, 0.717) is 18.8 Å².